The second-order valence-corrected chi connectivity index (χ2v) is 5.31. The van der Waals surface area contributed by atoms with E-state index in [0.29, 0.717) is 6.04 Å². The zero-order valence-corrected chi connectivity index (χ0v) is 13.0. The van der Waals surface area contributed by atoms with Crippen molar-refractivity contribution in [1.29, 1.82) is 0 Å². The molecule has 0 amide bonds. The Balaban J connectivity index is 2.24. The Morgan fingerprint density at radius 3 is 2.60 bits per heavy atom. The Hall–Kier alpha value is -0.810. The van der Waals surface area contributed by atoms with Crippen molar-refractivity contribution in [3.63, 3.8) is 0 Å². The van der Waals surface area contributed by atoms with Gasteiger partial charge in [0, 0.05) is 32.3 Å². The SMILES string of the molecule is CCNC(=NCCCCOCC)NC1CCC(O)CC1. The largest absolute Gasteiger partial charge is 0.393 e. The first-order valence-electron chi connectivity index (χ1n) is 8.06. The lowest BCUT2D eigenvalue weighted by Gasteiger charge is -2.27. The fourth-order valence-corrected chi connectivity index (χ4v) is 2.38. The summed E-state index contributed by atoms with van der Waals surface area (Å²) in [7, 11) is 0. The van der Waals surface area contributed by atoms with Crippen molar-refractivity contribution in [3.05, 3.63) is 0 Å². The third-order valence-electron chi connectivity index (χ3n) is 3.55. The maximum atomic E-state index is 9.52. The fourth-order valence-electron chi connectivity index (χ4n) is 2.38. The maximum absolute atomic E-state index is 9.52. The summed E-state index contributed by atoms with van der Waals surface area (Å²) >= 11 is 0. The Morgan fingerprint density at radius 1 is 1.20 bits per heavy atom. The molecule has 0 spiro atoms. The Labute approximate surface area is 123 Å². The van der Waals surface area contributed by atoms with Gasteiger partial charge in [-0.05, 0) is 52.4 Å². The van der Waals surface area contributed by atoms with Crippen molar-refractivity contribution >= 4 is 5.96 Å². The van der Waals surface area contributed by atoms with Crippen LogP contribution in [-0.2, 0) is 4.74 Å². The lowest BCUT2D eigenvalue weighted by Crippen LogP contribution is -2.45. The number of aliphatic imine (C=N–C) groups is 1. The van der Waals surface area contributed by atoms with Crippen LogP contribution < -0.4 is 10.6 Å². The number of ether oxygens (including phenoxy) is 1. The molecular formula is C15H31N3O2. The summed E-state index contributed by atoms with van der Waals surface area (Å²) in [4.78, 5) is 4.60. The van der Waals surface area contributed by atoms with Gasteiger partial charge in [-0.1, -0.05) is 0 Å². The lowest BCUT2D eigenvalue weighted by atomic mass is 9.93. The van der Waals surface area contributed by atoms with Crippen LogP contribution in [0.25, 0.3) is 0 Å². The summed E-state index contributed by atoms with van der Waals surface area (Å²) in [6.45, 7) is 7.43. The molecule has 0 saturated heterocycles. The molecule has 0 atom stereocenters. The summed E-state index contributed by atoms with van der Waals surface area (Å²) in [6.07, 6.45) is 5.85. The summed E-state index contributed by atoms with van der Waals surface area (Å²) in [6, 6.07) is 0.444. The second kappa shape index (κ2) is 10.9. The van der Waals surface area contributed by atoms with Crippen LogP contribution >= 0.6 is 0 Å². The number of aliphatic hydroxyl groups is 1. The molecule has 5 heteroatoms. The number of nitrogens with one attached hydrogen (secondary N) is 2. The quantitative estimate of drug-likeness (QED) is 0.360. The molecular weight excluding hydrogens is 254 g/mol. The molecule has 118 valence electrons. The number of unbranched alkanes of at least 4 members (excludes halogenated alkanes) is 1. The highest BCUT2D eigenvalue weighted by Crippen LogP contribution is 2.18. The third-order valence-corrected chi connectivity index (χ3v) is 3.55. The highest BCUT2D eigenvalue weighted by atomic mass is 16.5. The van der Waals surface area contributed by atoms with E-state index in [1.54, 1.807) is 0 Å². The molecule has 5 nitrogen and oxygen atoms in total. The van der Waals surface area contributed by atoms with Crippen LogP contribution in [0.3, 0.4) is 0 Å². The topological polar surface area (TPSA) is 65.9 Å². The minimum Gasteiger partial charge on any atom is -0.393 e. The van der Waals surface area contributed by atoms with Crippen LogP contribution in [0.5, 0.6) is 0 Å². The minimum atomic E-state index is -0.105. The number of nitrogens with zero attached hydrogens (tertiary/aromatic N) is 1. The molecule has 0 radical (unpaired) electrons. The Bertz CT molecular complexity index is 264. The standard InChI is InChI=1S/C15H31N3O2/c1-3-16-15(17-11-5-6-12-20-4-2)18-13-7-9-14(19)10-8-13/h13-14,19H,3-12H2,1-2H3,(H2,16,17,18). The van der Waals surface area contributed by atoms with Crippen molar-refractivity contribution in [2.24, 2.45) is 4.99 Å². The number of aliphatic hydroxyl groups excluding tert-OH is 1. The van der Waals surface area contributed by atoms with Gasteiger partial charge in [0.05, 0.1) is 6.10 Å². The minimum absolute atomic E-state index is 0.105. The summed E-state index contributed by atoms with van der Waals surface area (Å²) < 4.78 is 5.32. The van der Waals surface area contributed by atoms with E-state index in [9.17, 15) is 5.11 Å². The maximum Gasteiger partial charge on any atom is 0.191 e. The fraction of sp³-hybridized carbons (Fsp3) is 0.933. The van der Waals surface area contributed by atoms with Gasteiger partial charge in [0.2, 0.25) is 0 Å². The third kappa shape index (κ3) is 7.70. The predicted octanol–water partition coefficient (Wildman–Crippen LogP) is 1.66. The molecule has 1 aliphatic rings. The van der Waals surface area contributed by atoms with Crippen LogP contribution in [0.4, 0.5) is 0 Å². The molecule has 20 heavy (non-hydrogen) atoms. The Kier molecular flexibility index (Phi) is 9.41. The smallest absolute Gasteiger partial charge is 0.191 e. The molecule has 0 aromatic carbocycles. The number of guanidine groups is 1. The molecule has 1 fully saturated rings. The molecule has 1 aliphatic carbocycles. The van der Waals surface area contributed by atoms with Gasteiger partial charge in [-0.3, -0.25) is 4.99 Å². The molecule has 1 rings (SSSR count). The average molecular weight is 285 g/mol. The van der Waals surface area contributed by atoms with Crippen LogP contribution in [0, 0.1) is 0 Å². The van der Waals surface area contributed by atoms with E-state index in [2.05, 4.69) is 22.5 Å². The van der Waals surface area contributed by atoms with Gasteiger partial charge in [0.15, 0.2) is 5.96 Å². The molecule has 0 bridgehead atoms. The molecule has 0 aromatic heterocycles. The van der Waals surface area contributed by atoms with Crippen LogP contribution in [-0.4, -0.2) is 49.5 Å². The van der Waals surface area contributed by atoms with E-state index >= 15 is 0 Å². The van der Waals surface area contributed by atoms with E-state index in [0.717, 1.165) is 70.8 Å². The molecule has 0 heterocycles. The van der Waals surface area contributed by atoms with Gasteiger partial charge in [-0.25, -0.2) is 0 Å². The van der Waals surface area contributed by atoms with Crippen molar-refractivity contribution in [2.45, 2.75) is 64.5 Å². The van der Waals surface area contributed by atoms with E-state index in [1.165, 1.54) is 0 Å². The van der Waals surface area contributed by atoms with Gasteiger partial charge < -0.3 is 20.5 Å². The number of rotatable bonds is 8. The first kappa shape index (κ1) is 17.2. The van der Waals surface area contributed by atoms with Crippen molar-refractivity contribution in [3.8, 4) is 0 Å². The summed E-state index contributed by atoms with van der Waals surface area (Å²) in [5.41, 5.74) is 0. The number of hydrogen-bond acceptors (Lipinski definition) is 3. The van der Waals surface area contributed by atoms with Crippen LogP contribution in [0.2, 0.25) is 0 Å². The van der Waals surface area contributed by atoms with Crippen molar-refractivity contribution in [1.82, 2.24) is 10.6 Å². The van der Waals surface area contributed by atoms with Gasteiger partial charge in [0.25, 0.3) is 0 Å². The van der Waals surface area contributed by atoms with Gasteiger partial charge >= 0.3 is 0 Å². The molecule has 3 N–H and O–H groups in total. The first-order valence-corrected chi connectivity index (χ1v) is 8.06. The highest BCUT2D eigenvalue weighted by Gasteiger charge is 2.19. The van der Waals surface area contributed by atoms with Gasteiger partial charge in [-0.15, -0.1) is 0 Å². The molecule has 0 aromatic rings. The zero-order valence-electron chi connectivity index (χ0n) is 13.0. The van der Waals surface area contributed by atoms with E-state index in [4.69, 9.17) is 4.74 Å². The zero-order chi connectivity index (χ0) is 14.6. The molecule has 0 aliphatic heterocycles. The summed E-state index contributed by atoms with van der Waals surface area (Å²) in [5.74, 6) is 0.908. The molecule has 0 unspecified atom stereocenters. The van der Waals surface area contributed by atoms with Crippen LogP contribution in [0.15, 0.2) is 4.99 Å². The summed E-state index contributed by atoms with van der Waals surface area (Å²) in [5, 5.41) is 16.3. The van der Waals surface area contributed by atoms with Crippen molar-refractivity contribution < 1.29 is 9.84 Å². The van der Waals surface area contributed by atoms with Gasteiger partial charge in [-0.2, -0.15) is 0 Å². The predicted molar refractivity (Wildman–Crippen MR) is 83.1 cm³/mol. The highest BCUT2D eigenvalue weighted by molar-refractivity contribution is 5.80. The average Bonchev–Trinajstić information content (AvgIpc) is 2.45. The van der Waals surface area contributed by atoms with Crippen molar-refractivity contribution in [2.75, 3.05) is 26.3 Å². The van der Waals surface area contributed by atoms with Gasteiger partial charge in [0.1, 0.15) is 0 Å². The molecule has 1 saturated carbocycles. The monoisotopic (exact) mass is 285 g/mol. The van der Waals surface area contributed by atoms with E-state index in [1.807, 2.05) is 6.92 Å². The van der Waals surface area contributed by atoms with E-state index < -0.39 is 0 Å². The Morgan fingerprint density at radius 2 is 1.95 bits per heavy atom. The second-order valence-electron chi connectivity index (χ2n) is 5.31. The lowest BCUT2D eigenvalue weighted by molar-refractivity contribution is 0.120. The van der Waals surface area contributed by atoms with Crippen LogP contribution in [0.1, 0.15) is 52.4 Å². The normalized spacial score (nSPS) is 23.6. The first-order chi connectivity index (χ1) is 9.76. The number of hydrogen-bond donors (Lipinski definition) is 3. The van der Waals surface area contributed by atoms with E-state index in [-0.39, 0.29) is 6.10 Å².